The fourth-order valence-corrected chi connectivity index (χ4v) is 1.86. The Kier molecular flexibility index (Phi) is 4.35. The average Bonchev–Trinajstić information content (AvgIpc) is 2.44. The molecule has 1 nitrogen and oxygen atoms in total. The Morgan fingerprint density at radius 1 is 1.10 bits per heavy atom. The van der Waals surface area contributed by atoms with Crippen molar-refractivity contribution in [3.05, 3.63) is 64.7 Å². The van der Waals surface area contributed by atoms with E-state index in [0.717, 1.165) is 12.1 Å². The highest BCUT2D eigenvalue weighted by Crippen LogP contribution is 2.29. The van der Waals surface area contributed by atoms with Gasteiger partial charge in [-0.1, -0.05) is 29.8 Å². The summed E-state index contributed by atoms with van der Waals surface area (Å²) in [5.41, 5.74) is 0.484. The van der Waals surface area contributed by atoms with E-state index in [0.29, 0.717) is 16.3 Å². The number of halogens is 4. The Balaban J connectivity index is 2.36. The molecular weight excluding hydrogens is 299 g/mol. The molecule has 5 heteroatoms. The van der Waals surface area contributed by atoms with Gasteiger partial charge in [-0.05, 0) is 36.3 Å². The second kappa shape index (κ2) is 6.02. The summed E-state index contributed by atoms with van der Waals surface area (Å²) >= 11 is 5.84. The van der Waals surface area contributed by atoms with Crippen LogP contribution in [0.2, 0.25) is 5.02 Å². The number of nitrogens with zero attached hydrogens (tertiary/aromatic N) is 1. The standard InChI is InChI=1S/C16H9ClF3N/c1-2-15(21-14-5-3-4-13(17)10-14)11-6-8-12(9-7-11)16(18,19)20/h1,3-10H. The highest BCUT2D eigenvalue weighted by Gasteiger charge is 2.30. The summed E-state index contributed by atoms with van der Waals surface area (Å²) in [6, 6.07) is 11.3. The minimum atomic E-state index is -4.38. The van der Waals surface area contributed by atoms with E-state index in [1.54, 1.807) is 24.3 Å². The molecule has 0 aliphatic rings. The minimum absolute atomic E-state index is 0.242. The topological polar surface area (TPSA) is 12.4 Å². The van der Waals surface area contributed by atoms with Crippen molar-refractivity contribution in [1.82, 2.24) is 0 Å². The molecule has 0 radical (unpaired) electrons. The van der Waals surface area contributed by atoms with E-state index in [4.69, 9.17) is 18.0 Å². The third kappa shape index (κ3) is 3.87. The molecule has 0 aromatic heterocycles. The predicted octanol–water partition coefficient (Wildman–Crippen LogP) is 5.11. The Hall–Kier alpha value is -2.25. The molecule has 0 spiro atoms. The Bertz CT molecular complexity index is 710. The lowest BCUT2D eigenvalue weighted by Crippen LogP contribution is -2.05. The van der Waals surface area contributed by atoms with Crippen LogP contribution in [0.15, 0.2) is 53.5 Å². The summed E-state index contributed by atoms with van der Waals surface area (Å²) in [5.74, 6) is 2.37. The number of terminal acetylenes is 1. The van der Waals surface area contributed by atoms with Crippen LogP contribution in [0.3, 0.4) is 0 Å². The van der Waals surface area contributed by atoms with Crippen LogP contribution >= 0.6 is 11.6 Å². The molecule has 106 valence electrons. The maximum Gasteiger partial charge on any atom is 0.416 e. The largest absolute Gasteiger partial charge is 0.416 e. The van der Waals surface area contributed by atoms with Crippen molar-refractivity contribution in [1.29, 1.82) is 0 Å². The van der Waals surface area contributed by atoms with Gasteiger partial charge in [-0.3, -0.25) is 0 Å². The Morgan fingerprint density at radius 2 is 1.76 bits per heavy atom. The van der Waals surface area contributed by atoms with E-state index in [9.17, 15) is 13.2 Å². The van der Waals surface area contributed by atoms with Gasteiger partial charge in [-0.15, -0.1) is 6.42 Å². The first-order valence-corrected chi connectivity index (χ1v) is 6.26. The van der Waals surface area contributed by atoms with Gasteiger partial charge >= 0.3 is 6.18 Å². The van der Waals surface area contributed by atoms with Crippen molar-refractivity contribution in [2.24, 2.45) is 4.99 Å². The first-order valence-electron chi connectivity index (χ1n) is 5.88. The van der Waals surface area contributed by atoms with E-state index in [2.05, 4.69) is 10.9 Å². The highest BCUT2D eigenvalue weighted by molar-refractivity contribution is 6.30. The quantitative estimate of drug-likeness (QED) is 0.540. The molecule has 0 heterocycles. The maximum atomic E-state index is 12.5. The summed E-state index contributed by atoms with van der Waals surface area (Å²) in [7, 11) is 0. The molecule has 0 saturated carbocycles. The molecule has 0 fully saturated rings. The average molecular weight is 308 g/mol. The van der Waals surface area contributed by atoms with E-state index in [-0.39, 0.29) is 5.71 Å². The van der Waals surface area contributed by atoms with Crippen LogP contribution in [0.25, 0.3) is 0 Å². The van der Waals surface area contributed by atoms with Gasteiger partial charge in [0.25, 0.3) is 0 Å². The van der Waals surface area contributed by atoms with Gasteiger partial charge in [0.05, 0.1) is 11.3 Å². The molecule has 2 aromatic rings. The van der Waals surface area contributed by atoms with Gasteiger partial charge in [0, 0.05) is 10.6 Å². The van der Waals surface area contributed by atoms with Crippen molar-refractivity contribution >= 4 is 23.0 Å². The van der Waals surface area contributed by atoms with Crippen molar-refractivity contribution in [3.8, 4) is 12.3 Å². The lowest BCUT2D eigenvalue weighted by atomic mass is 10.1. The first kappa shape index (κ1) is 15.1. The zero-order valence-corrected chi connectivity index (χ0v) is 11.4. The van der Waals surface area contributed by atoms with E-state index < -0.39 is 11.7 Å². The molecule has 0 N–H and O–H groups in total. The molecule has 21 heavy (non-hydrogen) atoms. The van der Waals surface area contributed by atoms with Crippen LogP contribution in [-0.4, -0.2) is 5.71 Å². The zero-order valence-electron chi connectivity index (χ0n) is 10.7. The highest BCUT2D eigenvalue weighted by atomic mass is 35.5. The molecule has 2 aromatic carbocycles. The molecule has 0 unspecified atom stereocenters. The number of rotatable bonds is 2. The number of alkyl halides is 3. The lowest BCUT2D eigenvalue weighted by molar-refractivity contribution is -0.137. The van der Waals surface area contributed by atoms with Crippen LogP contribution in [0.5, 0.6) is 0 Å². The molecule has 0 saturated heterocycles. The molecular formula is C16H9ClF3N. The smallest absolute Gasteiger partial charge is 0.239 e. The number of benzene rings is 2. The van der Waals surface area contributed by atoms with Crippen molar-refractivity contribution in [2.45, 2.75) is 6.18 Å². The van der Waals surface area contributed by atoms with Crippen LogP contribution in [-0.2, 0) is 6.18 Å². The van der Waals surface area contributed by atoms with Crippen molar-refractivity contribution in [2.75, 3.05) is 0 Å². The summed E-state index contributed by atoms with van der Waals surface area (Å²) in [4.78, 5) is 4.21. The molecule has 0 bridgehead atoms. The van der Waals surface area contributed by atoms with Crippen LogP contribution in [0.4, 0.5) is 18.9 Å². The summed E-state index contributed by atoms with van der Waals surface area (Å²) in [5, 5.41) is 0.500. The fraction of sp³-hybridized carbons (Fsp3) is 0.0625. The Morgan fingerprint density at radius 3 is 2.29 bits per heavy atom. The second-order valence-corrected chi connectivity index (χ2v) is 4.60. The van der Waals surface area contributed by atoms with E-state index in [1.165, 1.54) is 12.1 Å². The molecule has 0 atom stereocenters. The first-order chi connectivity index (χ1) is 9.90. The van der Waals surface area contributed by atoms with Crippen molar-refractivity contribution in [3.63, 3.8) is 0 Å². The second-order valence-electron chi connectivity index (χ2n) is 4.16. The lowest BCUT2D eigenvalue weighted by Gasteiger charge is -2.07. The normalized spacial score (nSPS) is 12.0. The minimum Gasteiger partial charge on any atom is -0.239 e. The van der Waals surface area contributed by atoms with Gasteiger partial charge in [0.15, 0.2) is 0 Å². The predicted molar refractivity (Wildman–Crippen MR) is 77.9 cm³/mol. The van der Waals surface area contributed by atoms with Crippen LogP contribution < -0.4 is 0 Å². The SMILES string of the molecule is C#CC(=Nc1cccc(Cl)c1)c1ccc(C(F)(F)F)cc1. The summed E-state index contributed by atoms with van der Waals surface area (Å²) in [6.07, 6.45) is 1.00. The third-order valence-electron chi connectivity index (χ3n) is 2.67. The molecule has 2 rings (SSSR count). The molecule has 0 aliphatic heterocycles. The third-order valence-corrected chi connectivity index (χ3v) is 2.91. The van der Waals surface area contributed by atoms with Crippen LogP contribution in [0.1, 0.15) is 11.1 Å². The van der Waals surface area contributed by atoms with Crippen LogP contribution in [0, 0.1) is 12.3 Å². The van der Waals surface area contributed by atoms with Gasteiger partial charge in [0.2, 0.25) is 0 Å². The van der Waals surface area contributed by atoms with Gasteiger partial charge in [-0.2, -0.15) is 13.2 Å². The molecule has 0 amide bonds. The van der Waals surface area contributed by atoms with Gasteiger partial charge < -0.3 is 0 Å². The maximum absolute atomic E-state index is 12.5. The van der Waals surface area contributed by atoms with Crippen molar-refractivity contribution < 1.29 is 13.2 Å². The summed E-state index contributed by atoms with van der Waals surface area (Å²) < 4.78 is 37.5. The number of hydrogen-bond donors (Lipinski definition) is 0. The number of hydrogen-bond acceptors (Lipinski definition) is 1. The zero-order chi connectivity index (χ0) is 15.5. The number of aliphatic imine (C=N–C) groups is 1. The monoisotopic (exact) mass is 307 g/mol. The van der Waals surface area contributed by atoms with E-state index >= 15 is 0 Å². The van der Waals surface area contributed by atoms with Gasteiger partial charge in [0.1, 0.15) is 5.71 Å². The fourth-order valence-electron chi connectivity index (χ4n) is 1.67. The Labute approximate surface area is 125 Å². The van der Waals surface area contributed by atoms with Gasteiger partial charge in [-0.25, -0.2) is 4.99 Å². The van der Waals surface area contributed by atoms with E-state index in [1.807, 2.05) is 0 Å². The molecule has 0 aliphatic carbocycles. The summed E-state index contributed by atoms with van der Waals surface area (Å²) in [6.45, 7) is 0.